The van der Waals surface area contributed by atoms with E-state index in [1.165, 1.54) is 0 Å². The predicted octanol–water partition coefficient (Wildman–Crippen LogP) is 4.77. The zero-order chi connectivity index (χ0) is 25.2. The minimum atomic E-state index is -0.653. The minimum absolute atomic E-state index is 0.112. The van der Waals surface area contributed by atoms with Gasteiger partial charge in [0.05, 0.1) is 7.11 Å². The van der Waals surface area contributed by atoms with Crippen molar-refractivity contribution < 1.29 is 19.1 Å². The van der Waals surface area contributed by atoms with E-state index in [4.69, 9.17) is 9.47 Å². The van der Waals surface area contributed by atoms with Crippen molar-refractivity contribution in [1.82, 2.24) is 10.2 Å². The van der Waals surface area contributed by atoms with Gasteiger partial charge in [-0.3, -0.25) is 9.59 Å². The van der Waals surface area contributed by atoms with Gasteiger partial charge in [-0.1, -0.05) is 73.5 Å². The summed E-state index contributed by atoms with van der Waals surface area (Å²) in [6, 6.07) is 26.2. The van der Waals surface area contributed by atoms with Crippen LogP contribution in [0, 0.1) is 0 Å². The van der Waals surface area contributed by atoms with Gasteiger partial charge in [-0.25, -0.2) is 0 Å². The lowest BCUT2D eigenvalue weighted by atomic mass is 10.0. The van der Waals surface area contributed by atoms with Crippen molar-refractivity contribution in [1.29, 1.82) is 0 Å². The molecule has 1 atom stereocenters. The smallest absolute Gasteiger partial charge is 0.261 e. The Morgan fingerprint density at radius 2 is 1.44 bits per heavy atom. The fraction of sp³-hybridized carbons (Fsp3) is 0.333. The van der Waals surface area contributed by atoms with Crippen LogP contribution in [-0.2, 0) is 22.6 Å². The van der Waals surface area contributed by atoms with Crippen LogP contribution in [0.2, 0.25) is 0 Å². The second-order valence-corrected chi connectivity index (χ2v) is 9.17. The van der Waals surface area contributed by atoms with Gasteiger partial charge in [-0.05, 0) is 48.2 Å². The van der Waals surface area contributed by atoms with E-state index >= 15 is 0 Å². The average Bonchev–Trinajstić information content (AvgIpc) is 3.43. The highest BCUT2D eigenvalue weighted by atomic mass is 16.5. The maximum Gasteiger partial charge on any atom is 0.261 e. The Morgan fingerprint density at radius 1 is 0.861 bits per heavy atom. The number of methoxy groups -OCH3 is 1. The third-order valence-electron chi connectivity index (χ3n) is 6.59. The lowest BCUT2D eigenvalue weighted by molar-refractivity contribution is -0.143. The fourth-order valence-electron chi connectivity index (χ4n) is 4.60. The van der Waals surface area contributed by atoms with Crippen molar-refractivity contribution in [2.45, 2.75) is 50.7 Å². The highest BCUT2D eigenvalue weighted by Gasteiger charge is 2.32. The molecular formula is C30H34N2O4. The maximum absolute atomic E-state index is 13.6. The Labute approximate surface area is 213 Å². The molecule has 0 aromatic heterocycles. The minimum Gasteiger partial charge on any atom is -0.497 e. The van der Waals surface area contributed by atoms with E-state index < -0.39 is 6.04 Å². The first kappa shape index (κ1) is 25.3. The van der Waals surface area contributed by atoms with Crippen LogP contribution in [0.25, 0.3) is 0 Å². The number of nitrogens with zero attached hydrogens (tertiary/aromatic N) is 1. The third kappa shape index (κ3) is 7.11. The van der Waals surface area contributed by atoms with Gasteiger partial charge in [0.25, 0.3) is 5.91 Å². The standard InChI is InChI=1S/C30H34N2O4/c1-35-26-16-18-27(19-17-26)36-22-29(33)32(21-24-12-6-3-7-13-24)28(20-23-10-4-2-5-11-23)30(34)31-25-14-8-9-15-25/h2-7,10-13,16-19,25,28H,8-9,14-15,20-22H2,1H3,(H,31,34)/t28-/m1/s1. The van der Waals surface area contributed by atoms with E-state index in [0.717, 1.165) is 36.8 Å². The SMILES string of the molecule is COc1ccc(OCC(=O)N(Cc2ccccc2)[C@H](Cc2ccccc2)C(=O)NC2CCCC2)cc1. The predicted molar refractivity (Wildman–Crippen MR) is 140 cm³/mol. The first-order valence-corrected chi connectivity index (χ1v) is 12.6. The summed E-state index contributed by atoms with van der Waals surface area (Å²) in [5.41, 5.74) is 1.97. The van der Waals surface area contributed by atoms with E-state index in [-0.39, 0.29) is 24.5 Å². The second kappa shape index (κ2) is 12.8. The fourth-order valence-corrected chi connectivity index (χ4v) is 4.60. The van der Waals surface area contributed by atoms with Crippen LogP contribution >= 0.6 is 0 Å². The summed E-state index contributed by atoms with van der Waals surface area (Å²) in [6.45, 7) is 0.155. The zero-order valence-corrected chi connectivity index (χ0v) is 20.8. The van der Waals surface area contributed by atoms with Crippen LogP contribution in [0.5, 0.6) is 11.5 Å². The summed E-state index contributed by atoms with van der Waals surface area (Å²) in [5, 5.41) is 3.22. The van der Waals surface area contributed by atoms with Gasteiger partial charge in [0, 0.05) is 19.0 Å². The first-order valence-electron chi connectivity index (χ1n) is 12.6. The van der Waals surface area contributed by atoms with E-state index in [9.17, 15) is 9.59 Å². The number of carbonyl (C=O) groups is 2. The van der Waals surface area contributed by atoms with Gasteiger partial charge >= 0.3 is 0 Å². The van der Waals surface area contributed by atoms with Crippen LogP contribution in [0.1, 0.15) is 36.8 Å². The molecule has 4 rings (SSSR count). The number of rotatable bonds is 11. The molecule has 0 aliphatic heterocycles. The molecule has 1 N–H and O–H groups in total. The lowest BCUT2D eigenvalue weighted by Gasteiger charge is -2.32. The molecule has 0 spiro atoms. The van der Waals surface area contributed by atoms with Crippen molar-refractivity contribution in [3.8, 4) is 11.5 Å². The molecule has 3 aromatic carbocycles. The molecule has 1 saturated carbocycles. The Hall–Kier alpha value is -3.80. The van der Waals surface area contributed by atoms with Crippen LogP contribution in [-0.4, -0.2) is 42.5 Å². The molecule has 0 heterocycles. The van der Waals surface area contributed by atoms with Gasteiger partial charge in [-0.2, -0.15) is 0 Å². The van der Waals surface area contributed by atoms with Crippen LogP contribution in [0.15, 0.2) is 84.9 Å². The Morgan fingerprint density at radius 3 is 2.06 bits per heavy atom. The molecule has 0 bridgehead atoms. The molecule has 0 saturated heterocycles. The lowest BCUT2D eigenvalue weighted by Crippen LogP contribution is -2.53. The van der Waals surface area contributed by atoms with E-state index in [2.05, 4.69) is 5.32 Å². The third-order valence-corrected chi connectivity index (χ3v) is 6.59. The van der Waals surface area contributed by atoms with Gasteiger partial charge < -0.3 is 19.7 Å². The topological polar surface area (TPSA) is 67.9 Å². The number of nitrogens with one attached hydrogen (secondary N) is 1. The van der Waals surface area contributed by atoms with Crippen molar-refractivity contribution in [3.05, 3.63) is 96.1 Å². The normalized spacial score (nSPS) is 14.1. The molecule has 36 heavy (non-hydrogen) atoms. The molecule has 2 amide bonds. The number of amides is 2. The van der Waals surface area contributed by atoms with Gasteiger partial charge in [0.15, 0.2) is 6.61 Å². The van der Waals surface area contributed by atoms with Gasteiger partial charge in [-0.15, -0.1) is 0 Å². The van der Waals surface area contributed by atoms with Gasteiger partial charge in [0.2, 0.25) is 5.91 Å². The van der Waals surface area contributed by atoms with E-state index in [0.29, 0.717) is 24.5 Å². The summed E-state index contributed by atoms with van der Waals surface area (Å²) >= 11 is 0. The highest BCUT2D eigenvalue weighted by molar-refractivity contribution is 5.88. The summed E-state index contributed by atoms with van der Waals surface area (Å²) < 4.78 is 11.0. The zero-order valence-electron chi connectivity index (χ0n) is 20.8. The van der Waals surface area contributed by atoms with Gasteiger partial charge in [0.1, 0.15) is 17.5 Å². The molecule has 6 heteroatoms. The summed E-state index contributed by atoms with van der Waals surface area (Å²) in [7, 11) is 1.60. The van der Waals surface area contributed by atoms with E-state index in [1.807, 2.05) is 60.7 Å². The molecule has 188 valence electrons. The number of hydrogen-bond acceptors (Lipinski definition) is 4. The molecule has 3 aromatic rings. The molecule has 1 aliphatic carbocycles. The van der Waals surface area contributed by atoms with Crippen LogP contribution in [0.3, 0.4) is 0 Å². The van der Waals surface area contributed by atoms with Crippen molar-refractivity contribution in [3.63, 3.8) is 0 Å². The molecule has 0 unspecified atom stereocenters. The summed E-state index contributed by atoms with van der Waals surface area (Å²) in [4.78, 5) is 28.9. The molecule has 0 radical (unpaired) electrons. The largest absolute Gasteiger partial charge is 0.497 e. The first-order chi connectivity index (χ1) is 17.6. The number of ether oxygens (including phenoxy) is 2. The number of hydrogen-bond donors (Lipinski definition) is 1. The van der Waals surface area contributed by atoms with Crippen LogP contribution in [0.4, 0.5) is 0 Å². The number of carbonyl (C=O) groups excluding carboxylic acids is 2. The van der Waals surface area contributed by atoms with E-state index in [1.54, 1.807) is 36.3 Å². The number of benzene rings is 3. The maximum atomic E-state index is 13.6. The van der Waals surface area contributed by atoms with Crippen LogP contribution < -0.4 is 14.8 Å². The Bertz CT molecular complexity index is 1100. The van der Waals surface area contributed by atoms with Crippen molar-refractivity contribution >= 4 is 11.8 Å². The van der Waals surface area contributed by atoms with Crippen molar-refractivity contribution in [2.75, 3.05) is 13.7 Å². The highest BCUT2D eigenvalue weighted by Crippen LogP contribution is 2.21. The Kier molecular flexibility index (Phi) is 8.98. The van der Waals surface area contributed by atoms with Crippen molar-refractivity contribution in [2.24, 2.45) is 0 Å². The summed E-state index contributed by atoms with van der Waals surface area (Å²) in [5.74, 6) is 0.932. The monoisotopic (exact) mass is 486 g/mol. The Balaban J connectivity index is 1.57. The molecule has 1 fully saturated rings. The average molecular weight is 487 g/mol. The molecule has 6 nitrogen and oxygen atoms in total. The second-order valence-electron chi connectivity index (χ2n) is 9.17. The molecular weight excluding hydrogens is 452 g/mol. The molecule has 1 aliphatic rings. The summed E-state index contributed by atoms with van der Waals surface area (Å²) in [6.07, 6.45) is 4.64. The quantitative estimate of drug-likeness (QED) is 0.424.